The molecule has 4 nitrogen and oxygen atoms in total. The van der Waals surface area contributed by atoms with Gasteiger partial charge in [-0.2, -0.15) is 0 Å². The van der Waals surface area contributed by atoms with Crippen molar-refractivity contribution < 1.29 is 9.53 Å². The van der Waals surface area contributed by atoms with Gasteiger partial charge < -0.3 is 15.0 Å². The van der Waals surface area contributed by atoms with E-state index in [0.717, 1.165) is 37.4 Å². The number of benzene rings is 2. The Hall–Kier alpha value is -2.49. The van der Waals surface area contributed by atoms with Crippen LogP contribution in [0.25, 0.3) is 0 Å². The number of ether oxygens (including phenoxy) is 1. The fourth-order valence-electron chi connectivity index (χ4n) is 3.12. The van der Waals surface area contributed by atoms with Crippen LogP contribution in [0.15, 0.2) is 54.6 Å². The second-order valence-electron chi connectivity index (χ2n) is 6.27. The lowest BCUT2D eigenvalue weighted by Crippen LogP contribution is -2.32. The monoisotopic (exact) mass is 324 g/mol. The van der Waals surface area contributed by atoms with E-state index in [0.29, 0.717) is 12.3 Å². The van der Waals surface area contributed by atoms with Crippen LogP contribution in [0.2, 0.25) is 0 Å². The number of hydrogen-bond donors (Lipinski definition) is 1. The number of carbonyl (C=O) groups is 1. The Morgan fingerprint density at radius 3 is 2.62 bits per heavy atom. The summed E-state index contributed by atoms with van der Waals surface area (Å²) in [6.45, 7) is 2.81. The Labute approximate surface area is 143 Å². The maximum atomic E-state index is 12.1. The lowest BCUT2D eigenvalue weighted by Gasteiger charge is -2.18. The summed E-state index contributed by atoms with van der Waals surface area (Å²) < 4.78 is 5.13. The number of rotatable bonds is 6. The molecule has 1 atom stereocenters. The number of anilines is 1. The normalized spacial score (nSPS) is 16.9. The highest BCUT2D eigenvalue weighted by Gasteiger charge is 2.22. The zero-order chi connectivity index (χ0) is 16.8. The summed E-state index contributed by atoms with van der Waals surface area (Å²) in [5.41, 5.74) is 2.27. The van der Waals surface area contributed by atoms with Crippen molar-refractivity contribution in [1.29, 1.82) is 0 Å². The Kier molecular flexibility index (Phi) is 5.36. The molecule has 0 spiro atoms. The minimum absolute atomic E-state index is 0.0818. The first kappa shape index (κ1) is 16.4. The van der Waals surface area contributed by atoms with E-state index >= 15 is 0 Å². The zero-order valence-electron chi connectivity index (χ0n) is 14.1. The van der Waals surface area contributed by atoms with Crippen LogP contribution in [-0.4, -0.2) is 32.7 Å². The van der Waals surface area contributed by atoms with Crippen molar-refractivity contribution in [1.82, 2.24) is 5.32 Å². The molecule has 1 fully saturated rings. The molecule has 1 amide bonds. The van der Waals surface area contributed by atoms with E-state index in [-0.39, 0.29) is 5.91 Å². The molecule has 3 rings (SSSR count). The van der Waals surface area contributed by atoms with E-state index in [1.807, 2.05) is 30.3 Å². The van der Waals surface area contributed by atoms with Gasteiger partial charge in [-0.1, -0.05) is 30.3 Å². The number of carbonyl (C=O) groups excluding carboxylic acids is 1. The van der Waals surface area contributed by atoms with E-state index in [2.05, 4.69) is 34.5 Å². The molecular formula is C20H24N2O2. The quantitative estimate of drug-likeness (QED) is 0.888. The first-order valence-corrected chi connectivity index (χ1v) is 8.44. The number of para-hydroxylation sites is 1. The minimum Gasteiger partial charge on any atom is -0.497 e. The third-order valence-electron chi connectivity index (χ3n) is 4.52. The standard InChI is InChI=1S/C20H24N2O2/c1-24-19-9-7-16(8-10-19)13-20(23)21-14-17-11-12-22(15-17)18-5-3-2-4-6-18/h2-10,17H,11-15H2,1H3,(H,21,23). The smallest absolute Gasteiger partial charge is 0.224 e. The van der Waals surface area contributed by atoms with Gasteiger partial charge in [-0.25, -0.2) is 0 Å². The van der Waals surface area contributed by atoms with Crippen molar-refractivity contribution in [3.8, 4) is 5.75 Å². The molecule has 0 aromatic heterocycles. The summed E-state index contributed by atoms with van der Waals surface area (Å²) in [6.07, 6.45) is 1.54. The van der Waals surface area contributed by atoms with Crippen LogP contribution in [0, 0.1) is 5.92 Å². The van der Waals surface area contributed by atoms with Crippen LogP contribution in [0.5, 0.6) is 5.75 Å². The highest BCUT2D eigenvalue weighted by Crippen LogP contribution is 2.23. The Morgan fingerprint density at radius 2 is 1.92 bits per heavy atom. The van der Waals surface area contributed by atoms with Crippen molar-refractivity contribution >= 4 is 11.6 Å². The summed E-state index contributed by atoms with van der Waals surface area (Å²) in [7, 11) is 1.64. The van der Waals surface area contributed by atoms with E-state index in [4.69, 9.17) is 4.74 Å². The molecule has 2 aromatic rings. The Bertz CT molecular complexity index is 655. The number of amides is 1. The molecule has 1 aliphatic rings. The van der Waals surface area contributed by atoms with E-state index in [1.54, 1.807) is 7.11 Å². The number of nitrogens with zero attached hydrogens (tertiary/aromatic N) is 1. The maximum absolute atomic E-state index is 12.1. The van der Waals surface area contributed by atoms with E-state index in [1.165, 1.54) is 5.69 Å². The minimum atomic E-state index is 0.0818. The molecular weight excluding hydrogens is 300 g/mol. The molecule has 2 aromatic carbocycles. The van der Waals surface area contributed by atoms with Crippen LogP contribution < -0.4 is 15.0 Å². The Balaban J connectivity index is 1.43. The van der Waals surface area contributed by atoms with Gasteiger partial charge in [0.05, 0.1) is 13.5 Å². The highest BCUT2D eigenvalue weighted by molar-refractivity contribution is 5.78. The van der Waals surface area contributed by atoms with E-state index in [9.17, 15) is 4.79 Å². The molecule has 0 radical (unpaired) electrons. The molecule has 4 heteroatoms. The van der Waals surface area contributed by atoms with Crippen LogP contribution in [0.4, 0.5) is 5.69 Å². The molecule has 1 heterocycles. The Morgan fingerprint density at radius 1 is 1.17 bits per heavy atom. The van der Waals surface area contributed by atoms with Gasteiger partial charge in [-0.15, -0.1) is 0 Å². The van der Waals surface area contributed by atoms with Gasteiger partial charge in [-0.05, 0) is 42.2 Å². The molecule has 1 unspecified atom stereocenters. The van der Waals surface area contributed by atoms with Crippen molar-refractivity contribution in [3.63, 3.8) is 0 Å². The van der Waals surface area contributed by atoms with Crippen LogP contribution in [-0.2, 0) is 11.2 Å². The first-order valence-electron chi connectivity index (χ1n) is 8.44. The van der Waals surface area contributed by atoms with Gasteiger partial charge in [0.15, 0.2) is 0 Å². The van der Waals surface area contributed by atoms with Crippen LogP contribution in [0.3, 0.4) is 0 Å². The third kappa shape index (κ3) is 4.28. The van der Waals surface area contributed by atoms with Gasteiger partial charge >= 0.3 is 0 Å². The highest BCUT2D eigenvalue weighted by atomic mass is 16.5. The average molecular weight is 324 g/mol. The van der Waals surface area contributed by atoms with Gasteiger partial charge in [-0.3, -0.25) is 4.79 Å². The van der Waals surface area contributed by atoms with Crippen molar-refractivity contribution in [2.24, 2.45) is 5.92 Å². The number of methoxy groups -OCH3 is 1. The summed E-state index contributed by atoms with van der Waals surface area (Å²) in [5.74, 6) is 1.41. The summed E-state index contributed by atoms with van der Waals surface area (Å²) in [4.78, 5) is 14.5. The van der Waals surface area contributed by atoms with Crippen LogP contribution in [0.1, 0.15) is 12.0 Å². The predicted octanol–water partition coefficient (Wildman–Crippen LogP) is 2.88. The second-order valence-corrected chi connectivity index (χ2v) is 6.27. The largest absolute Gasteiger partial charge is 0.497 e. The van der Waals surface area contributed by atoms with Crippen molar-refractivity contribution in [2.75, 3.05) is 31.6 Å². The molecule has 0 saturated carbocycles. The number of hydrogen-bond acceptors (Lipinski definition) is 3. The molecule has 126 valence electrons. The average Bonchev–Trinajstić information content (AvgIpc) is 3.10. The topological polar surface area (TPSA) is 41.6 Å². The number of nitrogens with one attached hydrogen (secondary N) is 1. The second kappa shape index (κ2) is 7.86. The van der Waals surface area contributed by atoms with E-state index < -0.39 is 0 Å². The SMILES string of the molecule is COc1ccc(CC(=O)NCC2CCN(c3ccccc3)C2)cc1. The van der Waals surface area contributed by atoms with Crippen molar-refractivity contribution in [2.45, 2.75) is 12.8 Å². The lowest BCUT2D eigenvalue weighted by atomic mass is 10.1. The van der Waals surface area contributed by atoms with Gasteiger partial charge in [0, 0.05) is 25.3 Å². The fraction of sp³-hybridized carbons (Fsp3) is 0.350. The lowest BCUT2D eigenvalue weighted by molar-refractivity contribution is -0.120. The van der Waals surface area contributed by atoms with Crippen molar-refractivity contribution in [3.05, 3.63) is 60.2 Å². The zero-order valence-corrected chi connectivity index (χ0v) is 14.1. The predicted molar refractivity (Wildman–Crippen MR) is 96.5 cm³/mol. The molecule has 24 heavy (non-hydrogen) atoms. The first-order chi connectivity index (χ1) is 11.7. The molecule has 1 N–H and O–H groups in total. The van der Waals surface area contributed by atoms with Gasteiger partial charge in [0.25, 0.3) is 0 Å². The molecule has 0 bridgehead atoms. The fourth-order valence-corrected chi connectivity index (χ4v) is 3.12. The summed E-state index contributed by atoms with van der Waals surface area (Å²) in [5, 5.41) is 3.08. The summed E-state index contributed by atoms with van der Waals surface area (Å²) in [6, 6.07) is 18.1. The molecule has 0 aliphatic carbocycles. The van der Waals surface area contributed by atoms with Gasteiger partial charge in [0.1, 0.15) is 5.75 Å². The molecule has 1 aliphatic heterocycles. The summed E-state index contributed by atoms with van der Waals surface area (Å²) >= 11 is 0. The molecule has 1 saturated heterocycles. The van der Waals surface area contributed by atoms with Crippen LogP contribution >= 0.6 is 0 Å². The van der Waals surface area contributed by atoms with Gasteiger partial charge in [0.2, 0.25) is 5.91 Å². The maximum Gasteiger partial charge on any atom is 0.224 e. The third-order valence-corrected chi connectivity index (χ3v) is 4.52.